The number of carbonyl (C=O) groups excluding carboxylic acids is 1. The second-order valence-corrected chi connectivity index (χ2v) is 2.92. The van der Waals surface area contributed by atoms with Gasteiger partial charge in [-0.05, 0) is 11.6 Å². The van der Waals surface area contributed by atoms with E-state index in [1.165, 1.54) is 0 Å². The van der Waals surface area contributed by atoms with Crippen LogP contribution in [0.1, 0.15) is 24.3 Å². The summed E-state index contributed by atoms with van der Waals surface area (Å²) in [7, 11) is 0. The summed E-state index contributed by atoms with van der Waals surface area (Å²) in [4.78, 5) is 14.7. The zero-order valence-electron chi connectivity index (χ0n) is 9.55. The van der Waals surface area contributed by atoms with E-state index in [4.69, 9.17) is 0 Å². The van der Waals surface area contributed by atoms with Crippen LogP contribution >= 0.6 is 0 Å². The Balaban J connectivity index is 0.000000606. The van der Waals surface area contributed by atoms with Gasteiger partial charge in [0.2, 0.25) is 0 Å². The molecule has 0 spiro atoms. The van der Waals surface area contributed by atoms with Crippen molar-refractivity contribution >= 4 is 6.29 Å². The SMILES string of the molecule is CC.O=Cc1ncccc1-c1ccccc1. The summed E-state index contributed by atoms with van der Waals surface area (Å²) in [5.41, 5.74) is 2.38. The summed E-state index contributed by atoms with van der Waals surface area (Å²) in [6, 6.07) is 13.5. The van der Waals surface area contributed by atoms with Gasteiger partial charge in [-0.25, -0.2) is 0 Å². The molecular formula is C14H15NO. The molecule has 16 heavy (non-hydrogen) atoms. The number of nitrogens with zero attached hydrogens (tertiary/aromatic N) is 1. The maximum atomic E-state index is 10.7. The fourth-order valence-electron chi connectivity index (χ4n) is 1.37. The van der Waals surface area contributed by atoms with Gasteiger partial charge in [0.25, 0.3) is 0 Å². The molecule has 2 aromatic rings. The molecule has 1 heterocycles. The van der Waals surface area contributed by atoms with Crippen molar-refractivity contribution in [2.75, 3.05) is 0 Å². The first kappa shape index (κ1) is 12.1. The van der Waals surface area contributed by atoms with E-state index >= 15 is 0 Å². The Morgan fingerprint density at radius 3 is 2.31 bits per heavy atom. The monoisotopic (exact) mass is 213 g/mol. The van der Waals surface area contributed by atoms with Crippen molar-refractivity contribution in [1.82, 2.24) is 4.98 Å². The summed E-state index contributed by atoms with van der Waals surface area (Å²) >= 11 is 0. The summed E-state index contributed by atoms with van der Waals surface area (Å²) in [5, 5.41) is 0. The third kappa shape index (κ3) is 2.76. The topological polar surface area (TPSA) is 30.0 Å². The summed E-state index contributed by atoms with van der Waals surface area (Å²) < 4.78 is 0. The van der Waals surface area contributed by atoms with Gasteiger partial charge in [-0.15, -0.1) is 0 Å². The Labute approximate surface area is 96.0 Å². The highest BCUT2D eigenvalue weighted by Gasteiger charge is 2.02. The summed E-state index contributed by atoms with van der Waals surface area (Å²) in [5.74, 6) is 0. The van der Waals surface area contributed by atoms with Gasteiger partial charge in [0, 0.05) is 11.8 Å². The van der Waals surface area contributed by atoms with E-state index < -0.39 is 0 Å². The van der Waals surface area contributed by atoms with Crippen molar-refractivity contribution in [3.8, 4) is 11.1 Å². The molecule has 2 rings (SSSR count). The van der Waals surface area contributed by atoms with Crippen LogP contribution in [0, 0.1) is 0 Å². The first-order chi connectivity index (χ1) is 7.92. The van der Waals surface area contributed by atoms with Crippen LogP contribution in [0.3, 0.4) is 0 Å². The lowest BCUT2D eigenvalue weighted by molar-refractivity contribution is 0.111. The van der Waals surface area contributed by atoms with Gasteiger partial charge >= 0.3 is 0 Å². The van der Waals surface area contributed by atoms with Gasteiger partial charge in [-0.1, -0.05) is 50.2 Å². The van der Waals surface area contributed by atoms with E-state index in [1.807, 2.05) is 56.3 Å². The molecule has 1 aromatic carbocycles. The van der Waals surface area contributed by atoms with Gasteiger partial charge < -0.3 is 0 Å². The van der Waals surface area contributed by atoms with Gasteiger partial charge in [-0.3, -0.25) is 9.78 Å². The van der Waals surface area contributed by atoms with Crippen molar-refractivity contribution in [2.24, 2.45) is 0 Å². The minimum Gasteiger partial charge on any atom is -0.296 e. The molecule has 2 heteroatoms. The van der Waals surface area contributed by atoms with Crippen molar-refractivity contribution in [1.29, 1.82) is 0 Å². The van der Waals surface area contributed by atoms with E-state index in [9.17, 15) is 4.79 Å². The predicted molar refractivity (Wildman–Crippen MR) is 66.4 cm³/mol. The Morgan fingerprint density at radius 2 is 1.69 bits per heavy atom. The van der Waals surface area contributed by atoms with Crippen LogP contribution in [-0.4, -0.2) is 11.3 Å². The number of aromatic nitrogens is 1. The van der Waals surface area contributed by atoms with E-state index in [0.717, 1.165) is 17.4 Å². The van der Waals surface area contributed by atoms with Crippen molar-refractivity contribution in [3.63, 3.8) is 0 Å². The molecule has 0 bridgehead atoms. The highest BCUT2D eigenvalue weighted by Crippen LogP contribution is 2.20. The van der Waals surface area contributed by atoms with Crippen LogP contribution in [0.4, 0.5) is 0 Å². The standard InChI is InChI=1S/C12H9NO.C2H6/c14-9-12-11(7-4-8-13-12)10-5-2-1-3-6-10;1-2/h1-9H;1-2H3. The minimum atomic E-state index is 0.485. The predicted octanol–water partition coefficient (Wildman–Crippen LogP) is 3.59. The Hall–Kier alpha value is -1.96. The summed E-state index contributed by atoms with van der Waals surface area (Å²) in [6.45, 7) is 4.00. The molecule has 0 saturated heterocycles. The summed E-state index contributed by atoms with van der Waals surface area (Å²) in [6.07, 6.45) is 2.40. The lowest BCUT2D eigenvalue weighted by Gasteiger charge is -2.02. The Morgan fingerprint density at radius 1 is 1.00 bits per heavy atom. The smallest absolute Gasteiger partial charge is 0.169 e. The zero-order chi connectivity index (χ0) is 11.8. The number of benzene rings is 1. The Kier molecular flexibility index (Phi) is 4.93. The van der Waals surface area contributed by atoms with Gasteiger partial charge in [0.05, 0.1) is 0 Å². The van der Waals surface area contributed by atoms with E-state index in [0.29, 0.717) is 5.69 Å². The highest BCUT2D eigenvalue weighted by molar-refractivity contribution is 5.84. The second kappa shape index (κ2) is 6.51. The molecule has 2 nitrogen and oxygen atoms in total. The molecule has 0 amide bonds. The molecule has 0 N–H and O–H groups in total. The molecule has 0 aliphatic rings. The lowest BCUT2D eigenvalue weighted by Crippen LogP contribution is -1.90. The van der Waals surface area contributed by atoms with Crippen molar-refractivity contribution in [2.45, 2.75) is 13.8 Å². The van der Waals surface area contributed by atoms with Crippen LogP contribution in [-0.2, 0) is 0 Å². The lowest BCUT2D eigenvalue weighted by atomic mass is 10.1. The maximum absolute atomic E-state index is 10.7. The van der Waals surface area contributed by atoms with Crippen LogP contribution in [0.15, 0.2) is 48.7 Å². The van der Waals surface area contributed by atoms with Crippen LogP contribution in [0.25, 0.3) is 11.1 Å². The third-order valence-corrected chi connectivity index (χ3v) is 2.03. The molecule has 0 atom stereocenters. The van der Waals surface area contributed by atoms with Gasteiger partial charge in [0.1, 0.15) is 5.69 Å². The fraction of sp³-hybridized carbons (Fsp3) is 0.143. The van der Waals surface area contributed by atoms with E-state index in [2.05, 4.69) is 4.98 Å². The first-order valence-corrected chi connectivity index (χ1v) is 5.37. The third-order valence-electron chi connectivity index (χ3n) is 2.03. The molecule has 0 saturated carbocycles. The molecule has 0 radical (unpaired) electrons. The largest absolute Gasteiger partial charge is 0.296 e. The van der Waals surface area contributed by atoms with E-state index in [1.54, 1.807) is 6.20 Å². The minimum absolute atomic E-state index is 0.485. The van der Waals surface area contributed by atoms with Crippen LogP contribution < -0.4 is 0 Å². The second-order valence-electron chi connectivity index (χ2n) is 2.92. The number of hydrogen-bond donors (Lipinski definition) is 0. The van der Waals surface area contributed by atoms with Crippen molar-refractivity contribution in [3.05, 3.63) is 54.4 Å². The van der Waals surface area contributed by atoms with E-state index in [-0.39, 0.29) is 0 Å². The molecule has 0 aliphatic heterocycles. The quantitative estimate of drug-likeness (QED) is 0.713. The van der Waals surface area contributed by atoms with Crippen molar-refractivity contribution < 1.29 is 4.79 Å². The molecule has 0 aliphatic carbocycles. The molecular weight excluding hydrogens is 198 g/mol. The molecule has 1 aromatic heterocycles. The van der Waals surface area contributed by atoms with Crippen LogP contribution in [0.2, 0.25) is 0 Å². The fourth-order valence-corrected chi connectivity index (χ4v) is 1.37. The molecule has 0 fully saturated rings. The number of pyridine rings is 1. The Bertz CT molecular complexity index is 437. The average molecular weight is 213 g/mol. The number of rotatable bonds is 2. The molecule has 0 unspecified atom stereocenters. The maximum Gasteiger partial charge on any atom is 0.169 e. The zero-order valence-corrected chi connectivity index (χ0v) is 9.55. The van der Waals surface area contributed by atoms with Crippen LogP contribution in [0.5, 0.6) is 0 Å². The van der Waals surface area contributed by atoms with Gasteiger partial charge in [-0.2, -0.15) is 0 Å². The van der Waals surface area contributed by atoms with Gasteiger partial charge in [0.15, 0.2) is 6.29 Å². The molecule has 82 valence electrons. The number of hydrogen-bond acceptors (Lipinski definition) is 2. The average Bonchev–Trinajstić information content (AvgIpc) is 2.42. The number of carbonyl (C=O) groups is 1. The first-order valence-electron chi connectivity index (χ1n) is 5.37. The normalized spacial score (nSPS) is 8.88. The number of aldehydes is 1. The highest BCUT2D eigenvalue weighted by atomic mass is 16.1.